The fraction of sp³-hybridized carbons (Fsp3) is 0.368. The van der Waals surface area contributed by atoms with E-state index in [0.29, 0.717) is 29.0 Å². The molecule has 2 aromatic rings. The van der Waals surface area contributed by atoms with Gasteiger partial charge in [0.2, 0.25) is 23.2 Å². The number of nitriles is 1. The van der Waals surface area contributed by atoms with Crippen LogP contribution in [0.4, 0.5) is 5.88 Å². The van der Waals surface area contributed by atoms with Gasteiger partial charge in [0.1, 0.15) is 6.07 Å². The molecule has 0 aliphatic rings. The van der Waals surface area contributed by atoms with Crippen LogP contribution in [-0.4, -0.2) is 32.4 Å². The third-order valence-electron chi connectivity index (χ3n) is 3.84. The minimum absolute atomic E-state index is 0.182. The summed E-state index contributed by atoms with van der Waals surface area (Å²) in [5.41, 5.74) is 1.04. The van der Waals surface area contributed by atoms with Gasteiger partial charge in [-0.3, -0.25) is 0 Å². The Bertz CT molecular complexity index is 796. The number of nitrogens with zero attached hydrogens (tertiary/aromatic N) is 2. The summed E-state index contributed by atoms with van der Waals surface area (Å²) in [6, 6.07) is 5.84. The second-order valence-electron chi connectivity index (χ2n) is 5.59. The molecule has 0 aliphatic carbocycles. The molecular formula is C19H23N3O4. The summed E-state index contributed by atoms with van der Waals surface area (Å²) >= 11 is 0. The van der Waals surface area contributed by atoms with Crippen LogP contribution in [0.15, 0.2) is 16.5 Å². The highest BCUT2D eigenvalue weighted by Gasteiger charge is 2.14. The summed E-state index contributed by atoms with van der Waals surface area (Å²) in [6.07, 6.45) is 4.38. The molecule has 7 heteroatoms. The Kier molecular flexibility index (Phi) is 6.50. The van der Waals surface area contributed by atoms with Crippen LogP contribution in [0.25, 0.3) is 12.2 Å². The normalized spacial score (nSPS) is 11.8. The van der Waals surface area contributed by atoms with Crippen LogP contribution in [0, 0.1) is 11.3 Å². The molecule has 26 heavy (non-hydrogen) atoms. The first-order chi connectivity index (χ1) is 12.6. The molecule has 0 spiro atoms. The molecule has 0 bridgehead atoms. The Morgan fingerprint density at radius 3 is 2.35 bits per heavy atom. The summed E-state index contributed by atoms with van der Waals surface area (Å²) in [4.78, 5) is 4.19. The highest BCUT2D eigenvalue weighted by Crippen LogP contribution is 2.38. The van der Waals surface area contributed by atoms with E-state index in [4.69, 9.17) is 18.6 Å². The van der Waals surface area contributed by atoms with Crippen molar-refractivity contribution in [1.82, 2.24) is 4.98 Å². The van der Waals surface area contributed by atoms with Crippen LogP contribution < -0.4 is 19.5 Å². The van der Waals surface area contributed by atoms with E-state index >= 15 is 0 Å². The molecular weight excluding hydrogens is 334 g/mol. The molecule has 0 radical (unpaired) electrons. The lowest BCUT2D eigenvalue weighted by molar-refractivity contribution is 0.324. The average Bonchev–Trinajstić information content (AvgIpc) is 3.06. The van der Waals surface area contributed by atoms with Crippen LogP contribution in [0.2, 0.25) is 0 Å². The summed E-state index contributed by atoms with van der Waals surface area (Å²) < 4.78 is 21.6. The quantitative estimate of drug-likeness (QED) is 0.765. The van der Waals surface area contributed by atoms with E-state index in [1.54, 1.807) is 33.5 Å². The lowest BCUT2D eigenvalue weighted by Gasteiger charge is -2.12. The minimum atomic E-state index is 0.182. The first-order valence-electron chi connectivity index (χ1n) is 8.21. The molecule has 0 amide bonds. The van der Waals surface area contributed by atoms with Gasteiger partial charge in [0.05, 0.1) is 21.3 Å². The van der Waals surface area contributed by atoms with Crippen LogP contribution >= 0.6 is 0 Å². The van der Waals surface area contributed by atoms with Gasteiger partial charge >= 0.3 is 0 Å². The van der Waals surface area contributed by atoms with Gasteiger partial charge in [-0.15, -0.1) is 0 Å². The summed E-state index contributed by atoms with van der Waals surface area (Å²) in [5, 5.41) is 12.4. The van der Waals surface area contributed by atoms with Crippen molar-refractivity contribution in [3.05, 3.63) is 29.3 Å². The van der Waals surface area contributed by atoms with Crippen molar-refractivity contribution in [2.75, 3.05) is 26.6 Å². The zero-order chi connectivity index (χ0) is 19.1. The molecule has 1 N–H and O–H groups in total. The summed E-state index contributed by atoms with van der Waals surface area (Å²) in [6.45, 7) is 4.06. The molecule has 0 unspecified atom stereocenters. The molecule has 1 atom stereocenters. The predicted octanol–water partition coefficient (Wildman–Crippen LogP) is 3.95. The van der Waals surface area contributed by atoms with Crippen LogP contribution in [0.5, 0.6) is 17.2 Å². The number of methoxy groups -OCH3 is 3. The fourth-order valence-corrected chi connectivity index (χ4v) is 2.27. The maximum atomic E-state index is 9.21. The maximum Gasteiger partial charge on any atom is 0.232 e. The number of rotatable bonds is 8. The van der Waals surface area contributed by atoms with Gasteiger partial charge in [-0.2, -0.15) is 10.2 Å². The fourth-order valence-electron chi connectivity index (χ4n) is 2.27. The number of nitrogens with one attached hydrogen (secondary N) is 1. The first-order valence-corrected chi connectivity index (χ1v) is 8.21. The van der Waals surface area contributed by atoms with E-state index in [2.05, 4.69) is 10.3 Å². The first kappa shape index (κ1) is 19.2. The van der Waals surface area contributed by atoms with Crippen LogP contribution in [0.3, 0.4) is 0 Å². The van der Waals surface area contributed by atoms with Crippen LogP contribution in [-0.2, 0) is 0 Å². The number of ether oxygens (including phenoxy) is 3. The van der Waals surface area contributed by atoms with Gasteiger partial charge in [-0.1, -0.05) is 6.92 Å². The van der Waals surface area contributed by atoms with E-state index in [-0.39, 0.29) is 11.7 Å². The lowest BCUT2D eigenvalue weighted by atomic mass is 10.1. The zero-order valence-electron chi connectivity index (χ0n) is 15.6. The van der Waals surface area contributed by atoms with E-state index < -0.39 is 0 Å². The number of anilines is 1. The maximum absolute atomic E-state index is 9.21. The lowest BCUT2D eigenvalue weighted by Crippen LogP contribution is -2.13. The summed E-state index contributed by atoms with van der Waals surface area (Å²) in [7, 11) is 4.67. The van der Waals surface area contributed by atoms with E-state index in [1.165, 1.54) is 0 Å². The Morgan fingerprint density at radius 2 is 1.85 bits per heavy atom. The zero-order valence-corrected chi connectivity index (χ0v) is 15.6. The van der Waals surface area contributed by atoms with Crippen molar-refractivity contribution in [2.24, 2.45) is 0 Å². The highest BCUT2D eigenvalue weighted by molar-refractivity contribution is 5.71. The van der Waals surface area contributed by atoms with E-state index in [9.17, 15) is 5.26 Å². The molecule has 0 aliphatic heterocycles. The second kappa shape index (κ2) is 8.81. The highest BCUT2D eigenvalue weighted by atomic mass is 16.5. The van der Waals surface area contributed by atoms with Gasteiger partial charge in [0.15, 0.2) is 11.5 Å². The van der Waals surface area contributed by atoms with Crippen molar-refractivity contribution in [3.8, 4) is 23.3 Å². The number of aromatic nitrogens is 1. The van der Waals surface area contributed by atoms with Gasteiger partial charge in [0, 0.05) is 12.1 Å². The number of hydrogen-bond acceptors (Lipinski definition) is 7. The third-order valence-corrected chi connectivity index (χ3v) is 3.84. The molecule has 7 nitrogen and oxygen atoms in total. The van der Waals surface area contributed by atoms with Crippen LogP contribution in [0.1, 0.15) is 37.4 Å². The van der Waals surface area contributed by atoms with Crippen molar-refractivity contribution < 1.29 is 18.6 Å². The topological polar surface area (TPSA) is 89.5 Å². The van der Waals surface area contributed by atoms with E-state index in [1.807, 2.05) is 32.0 Å². The molecule has 1 aromatic carbocycles. The van der Waals surface area contributed by atoms with Crippen molar-refractivity contribution in [3.63, 3.8) is 0 Å². The Hall–Kier alpha value is -3.14. The molecule has 0 fully saturated rings. The molecule has 0 saturated carbocycles. The predicted molar refractivity (Wildman–Crippen MR) is 99.6 cm³/mol. The standard InChI is InChI=1S/C19H23N3O4/c1-6-12(2)21-19-14(11-20)22-17(26-19)8-7-13-9-15(23-3)18(25-5)16(10-13)24-4/h7-10,12,21H,6H2,1-5H3/b8-7+/t12-/m0/s1. The van der Waals surface area contributed by atoms with Gasteiger partial charge in [0.25, 0.3) is 0 Å². The second-order valence-corrected chi connectivity index (χ2v) is 5.59. The van der Waals surface area contributed by atoms with Crippen molar-refractivity contribution >= 4 is 18.0 Å². The Balaban J connectivity index is 2.31. The number of hydrogen-bond donors (Lipinski definition) is 1. The Labute approximate surface area is 153 Å². The molecule has 1 heterocycles. The molecule has 138 valence electrons. The summed E-state index contributed by atoms with van der Waals surface area (Å²) in [5.74, 6) is 2.34. The third kappa shape index (κ3) is 4.28. The smallest absolute Gasteiger partial charge is 0.232 e. The van der Waals surface area contributed by atoms with Crippen molar-refractivity contribution in [2.45, 2.75) is 26.3 Å². The van der Waals surface area contributed by atoms with Gasteiger partial charge < -0.3 is 23.9 Å². The molecule has 2 rings (SSSR count). The van der Waals surface area contributed by atoms with E-state index in [0.717, 1.165) is 12.0 Å². The molecule has 0 saturated heterocycles. The SMILES string of the molecule is CC[C@H](C)Nc1oc(/C=C/c2cc(OC)c(OC)c(OC)c2)nc1C#N. The van der Waals surface area contributed by atoms with Crippen molar-refractivity contribution in [1.29, 1.82) is 5.26 Å². The van der Waals surface area contributed by atoms with Gasteiger partial charge in [-0.05, 0) is 37.1 Å². The Morgan fingerprint density at radius 1 is 1.19 bits per heavy atom. The minimum Gasteiger partial charge on any atom is -0.493 e. The number of benzene rings is 1. The monoisotopic (exact) mass is 357 g/mol. The average molecular weight is 357 g/mol. The molecule has 1 aromatic heterocycles. The van der Waals surface area contributed by atoms with Gasteiger partial charge in [-0.25, -0.2) is 0 Å². The largest absolute Gasteiger partial charge is 0.493 e. The number of oxazole rings is 1.